The van der Waals surface area contributed by atoms with Gasteiger partial charge in [-0.3, -0.25) is 4.68 Å². The Morgan fingerprint density at radius 2 is 2.38 bits per heavy atom. The molecular formula is C13H24N4O3S. The highest BCUT2D eigenvalue weighted by atomic mass is 32.2. The maximum Gasteiger partial charge on any atom is 0.246 e. The summed E-state index contributed by atoms with van der Waals surface area (Å²) in [6.45, 7) is 2.70. The highest BCUT2D eigenvalue weighted by molar-refractivity contribution is 7.89. The molecular weight excluding hydrogens is 292 g/mol. The predicted octanol–water partition coefficient (Wildman–Crippen LogP) is 0.292. The Balaban J connectivity index is 1.97. The molecule has 0 aromatic carbocycles. The van der Waals surface area contributed by atoms with E-state index in [4.69, 9.17) is 4.74 Å². The zero-order valence-electron chi connectivity index (χ0n) is 12.7. The van der Waals surface area contributed by atoms with Crippen LogP contribution in [0.5, 0.6) is 0 Å². The van der Waals surface area contributed by atoms with Gasteiger partial charge in [0.2, 0.25) is 10.0 Å². The first kappa shape index (κ1) is 16.4. The topological polar surface area (TPSA) is 76.5 Å². The molecule has 0 bridgehead atoms. The summed E-state index contributed by atoms with van der Waals surface area (Å²) in [7, 11) is -0.00131. The van der Waals surface area contributed by atoms with Crippen LogP contribution in [0.25, 0.3) is 0 Å². The van der Waals surface area contributed by atoms with Gasteiger partial charge in [-0.15, -0.1) is 0 Å². The Morgan fingerprint density at radius 3 is 3.05 bits per heavy atom. The van der Waals surface area contributed by atoms with Crippen LogP contribution in [0.2, 0.25) is 0 Å². The number of likely N-dealkylation sites (N-methyl/N-ethyl adjacent to an activating group) is 1. The molecule has 21 heavy (non-hydrogen) atoms. The largest absolute Gasteiger partial charge is 0.377 e. The van der Waals surface area contributed by atoms with Crippen LogP contribution >= 0.6 is 0 Å². The minimum Gasteiger partial charge on any atom is -0.377 e. The number of aryl methyl sites for hydroxylation is 1. The molecule has 1 aliphatic rings. The third-order valence-electron chi connectivity index (χ3n) is 3.62. The number of ether oxygens (including phenoxy) is 1. The molecule has 1 aromatic rings. The summed E-state index contributed by atoms with van der Waals surface area (Å²) in [5, 5.41) is 7.17. The van der Waals surface area contributed by atoms with E-state index in [0.717, 1.165) is 32.4 Å². The highest BCUT2D eigenvalue weighted by Crippen LogP contribution is 2.18. The van der Waals surface area contributed by atoms with Crippen LogP contribution < -0.4 is 5.32 Å². The predicted molar refractivity (Wildman–Crippen MR) is 79.6 cm³/mol. The summed E-state index contributed by atoms with van der Waals surface area (Å²) in [4.78, 5) is 0.243. The molecule has 2 rings (SSSR count). The molecule has 1 N–H and O–H groups in total. The summed E-state index contributed by atoms with van der Waals surface area (Å²) in [5.41, 5.74) is 0. The second-order valence-electron chi connectivity index (χ2n) is 5.32. The van der Waals surface area contributed by atoms with E-state index in [-0.39, 0.29) is 11.0 Å². The normalized spacial score (nSPS) is 19.5. The number of sulfonamides is 1. The van der Waals surface area contributed by atoms with Crippen molar-refractivity contribution in [2.45, 2.75) is 36.8 Å². The van der Waals surface area contributed by atoms with Crippen molar-refractivity contribution in [2.24, 2.45) is 0 Å². The maximum atomic E-state index is 12.5. The number of nitrogens with one attached hydrogen (secondary N) is 1. The van der Waals surface area contributed by atoms with Crippen molar-refractivity contribution in [3.63, 3.8) is 0 Å². The van der Waals surface area contributed by atoms with E-state index >= 15 is 0 Å². The number of rotatable bonds is 8. The van der Waals surface area contributed by atoms with Crippen molar-refractivity contribution >= 4 is 10.0 Å². The van der Waals surface area contributed by atoms with Crippen LogP contribution in [0.15, 0.2) is 17.3 Å². The van der Waals surface area contributed by atoms with Gasteiger partial charge in [0.25, 0.3) is 0 Å². The number of hydrogen-bond donors (Lipinski definition) is 1. The van der Waals surface area contributed by atoms with Gasteiger partial charge < -0.3 is 10.1 Å². The van der Waals surface area contributed by atoms with Gasteiger partial charge in [-0.2, -0.15) is 9.40 Å². The van der Waals surface area contributed by atoms with E-state index in [1.165, 1.54) is 10.5 Å². The number of nitrogens with zero attached hydrogens (tertiary/aromatic N) is 3. The van der Waals surface area contributed by atoms with Crippen LogP contribution in [0.4, 0.5) is 0 Å². The van der Waals surface area contributed by atoms with Gasteiger partial charge in [-0.1, -0.05) is 0 Å². The van der Waals surface area contributed by atoms with Crippen molar-refractivity contribution in [1.29, 1.82) is 0 Å². The zero-order chi connectivity index (χ0) is 15.3. The first-order valence-electron chi connectivity index (χ1n) is 7.29. The van der Waals surface area contributed by atoms with Crippen LogP contribution in [0, 0.1) is 0 Å². The Labute approximate surface area is 126 Å². The Morgan fingerprint density at radius 1 is 1.57 bits per heavy atom. The van der Waals surface area contributed by atoms with Crippen molar-refractivity contribution in [2.75, 3.05) is 33.8 Å². The third-order valence-corrected chi connectivity index (χ3v) is 5.39. The number of hydrogen-bond acceptors (Lipinski definition) is 5. The Kier molecular flexibility index (Phi) is 5.74. The van der Waals surface area contributed by atoms with Crippen molar-refractivity contribution in [1.82, 2.24) is 19.4 Å². The molecule has 7 nitrogen and oxygen atoms in total. The van der Waals surface area contributed by atoms with Crippen molar-refractivity contribution in [3.8, 4) is 0 Å². The summed E-state index contributed by atoms with van der Waals surface area (Å²) < 4.78 is 33.5. The molecule has 0 radical (unpaired) electrons. The Bertz CT molecular complexity index is 537. The fourth-order valence-corrected chi connectivity index (χ4v) is 3.53. The molecule has 2 heterocycles. The molecule has 120 valence electrons. The minimum atomic E-state index is -3.48. The van der Waals surface area contributed by atoms with Gasteiger partial charge >= 0.3 is 0 Å². The average molecular weight is 316 g/mol. The van der Waals surface area contributed by atoms with E-state index in [1.54, 1.807) is 17.9 Å². The monoisotopic (exact) mass is 316 g/mol. The second kappa shape index (κ2) is 7.35. The molecule has 0 saturated carbocycles. The van der Waals surface area contributed by atoms with E-state index in [1.807, 2.05) is 7.05 Å². The molecule has 1 aliphatic heterocycles. The zero-order valence-corrected chi connectivity index (χ0v) is 13.5. The van der Waals surface area contributed by atoms with Gasteiger partial charge in [-0.05, 0) is 32.9 Å². The van der Waals surface area contributed by atoms with Gasteiger partial charge in [0.05, 0.1) is 12.3 Å². The van der Waals surface area contributed by atoms with Gasteiger partial charge in [0, 0.05) is 32.9 Å². The molecule has 1 atom stereocenters. The van der Waals surface area contributed by atoms with E-state index in [2.05, 4.69) is 10.4 Å². The Hall–Kier alpha value is -0.960. The van der Waals surface area contributed by atoms with Gasteiger partial charge in [0.15, 0.2) is 0 Å². The van der Waals surface area contributed by atoms with E-state index < -0.39 is 10.0 Å². The van der Waals surface area contributed by atoms with Crippen molar-refractivity contribution in [3.05, 3.63) is 12.4 Å². The van der Waals surface area contributed by atoms with Crippen LogP contribution in [-0.2, 0) is 21.3 Å². The number of aromatic nitrogens is 2. The van der Waals surface area contributed by atoms with Crippen molar-refractivity contribution < 1.29 is 13.2 Å². The summed E-state index contributed by atoms with van der Waals surface area (Å²) >= 11 is 0. The third kappa shape index (κ3) is 4.26. The van der Waals surface area contributed by atoms with Crippen LogP contribution in [0.3, 0.4) is 0 Å². The first-order valence-corrected chi connectivity index (χ1v) is 8.73. The van der Waals surface area contributed by atoms with Crippen LogP contribution in [-0.4, -0.2) is 62.4 Å². The first-order chi connectivity index (χ1) is 10.0. The lowest BCUT2D eigenvalue weighted by Gasteiger charge is -2.19. The smallest absolute Gasteiger partial charge is 0.246 e. The molecule has 8 heteroatoms. The lowest BCUT2D eigenvalue weighted by molar-refractivity contribution is 0.0979. The fourth-order valence-electron chi connectivity index (χ4n) is 2.37. The van der Waals surface area contributed by atoms with E-state index in [9.17, 15) is 8.42 Å². The van der Waals surface area contributed by atoms with Gasteiger partial charge in [-0.25, -0.2) is 8.42 Å². The lowest BCUT2D eigenvalue weighted by Crippen LogP contribution is -2.33. The molecule has 1 fully saturated rings. The van der Waals surface area contributed by atoms with Crippen LogP contribution in [0.1, 0.15) is 19.3 Å². The molecule has 1 unspecified atom stereocenters. The summed E-state index contributed by atoms with van der Waals surface area (Å²) in [6, 6.07) is 0. The molecule has 0 aliphatic carbocycles. The van der Waals surface area contributed by atoms with E-state index in [0.29, 0.717) is 13.1 Å². The highest BCUT2D eigenvalue weighted by Gasteiger charge is 2.27. The molecule has 1 saturated heterocycles. The minimum absolute atomic E-state index is 0.00967. The fraction of sp³-hybridized carbons (Fsp3) is 0.769. The SMILES string of the molecule is CNCCCn1cc(S(=O)(=O)N(C)CC2CCCO2)cn1. The summed E-state index contributed by atoms with van der Waals surface area (Å²) in [5.74, 6) is 0. The lowest BCUT2D eigenvalue weighted by atomic mass is 10.2. The second-order valence-corrected chi connectivity index (χ2v) is 7.36. The molecule has 0 spiro atoms. The summed E-state index contributed by atoms with van der Waals surface area (Å²) in [6.07, 6.45) is 5.85. The van der Waals surface area contributed by atoms with Gasteiger partial charge in [0.1, 0.15) is 4.90 Å². The standard InChI is InChI=1S/C13H24N4O3S/c1-14-6-4-7-17-11-13(9-15-17)21(18,19)16(2)10-12-5-3-8-20-12/h9,11-12,14H,3-8,10H2,1-2H3. The molecule has 0 amide bonds. The maximum absolute atomic E-state index is 12.5. The average Bonchev–Trinajstić information content (AvgIpc) is 3.10. The quantitative estimate of drug-likeness (QED) is 0.698. The molecule has 1 aromatic heterocycles.